The highest BCUT2D eigenvalue weighted by atomic mass is 79.9. The lowest BCUT2D eigenvalue weighted by Gasteiger charge is -2.17. The van der Waals surface area contributed by atoms with Gasteiger partial charge in [-0.15, -0.1) is 11.3 Å². The van der Waals surface area contributed by atoms with E-state index in [1.807, 2.05) is 13.0 Å². The molecule has 3 aromatic rings. The summed E-state index contributed by atoms with van der Waals surface area (Å²) < 4.78 is 3.08. The third-order valence-electron chi connectivity index (χ3n) is 4.50. The standard InChI is InChI=1S/C19H23BrClN3S/c1-5-7-13(8-6-2)15-9-11(3)22-19-17(12(4)23-24(15)19)18-14(21)10-16(20)25-18/h9-10,13H,5-8H2,1-4H3. The first-order valence-electron chi connectivity index (χ1n) is 8.78. The number of fused-ring (bicyclic) bond motifs is 1. The molecule has 0 aliphatic heterocycles. The van der Waals surface area contributed by atoms with Crippen LogP contribution in [0.5, 0.6) is 0 Å². The van der Waals surface area contributed by atoms with Crippen molar-refractivity contribution in [2.24, 2.45) is 0 Å². The maximum Gasteiger partial charge on any atom is 0.164 e. The smallest absolute Gasteiger partial charge is 0.164 e. The predicted molar refractivity (Wildman–Crippen MR) is 111 cm³/mol. The lowest BCUT2D eigenvalue weighted by atomic mass is 9.94. The van der Waals surface area contributed by atoms with Crippen molar-refractivity contribution >= 4 is 44.5 Å². The van der Waals surface area contributed by atoms with E-state index in [0.717, 1.165) is 36.3 Å². The second-order valence-electron chi connectivity index (χ2n) is 6.52. The first kappa shape index (κ1) is 18.9. The molecule has 3 rings (SSSR count). The Kier molecular flexibility index (Phi) is 5.86. The van der Waals surface area contributed by atoms with Crippen LogP contribution >= 0.6 is 38.9 Å². The van der Waals surface area contributed by atoms with Gasteiger partial charge in [0.25, 0.3) is 0 Å². The number of hydrogen-bond donors (Lipinski definition) is 0. The largest absolute Gasteiger partial charge is 0.233 e. The number of nitrogens with zero attached hydrogens (tertiary/aromatic N) is 3. The molecule has 0 N–H and O–H groups in total. The number of aryl methyl sites for hydroxylation is 2. The highest BCUT2D eigenvalue weighted by Gasteiger charge is 2.22. The molecule has 0 amide bonds. The van der Waals surface area contributed by atoms with Gasteiger partial charge < -0.3 is 0 Å². The summed E-state index contributed by atoms with van der Waals surface area (Å²) in [5.74, 6) is 0.511. The SMILES string of the molecule is CCCC(CCC)c1cc(C)nc2c(-c3sc(Br)cc3Cl)c(C)nn12. The lowest BCUT2D eigenvalue weighted by molar-refractivity contribution is 0.533. The van der Waals surface area contributed by atoms with Crippen molar-refractivity contribution in [3.05, 3.63) is 38.0 Å². The summed E-state index contributed by atoms with van der Waals surface area (Å²) in [6.45, 7) is 8.60. The van der Waals surface area contributed by atoms with E-state index in [2.05, 4.69) is 47.3 Å². The van der Waals surface area contributed by atoms with Crippen molar-refractivity contribution in [3.63, 3.8) is 0 Å². The van der Waals surface area contributed by atoms with Crippen LogP contribution in [0.1, 0.15) is 62.5 Å². The lowest BCUT2D eigenvalue weighted by Crippen LogP contribution is -2.08. The van der Waals surface area contributed by atoms with Gasteiger partial charge in [-0.25, -0.2) is 9.50 Å². The first-order valence-corrected chi connectivity index (χ1v) is 10.8. The van der Waals surface area contributed by atoms with Crippen molar-refractivity contribution in [2.75, 3.05) is 0 Å². The van der Waals surface area contributed by atoms with E-state index >= 15 is 0 Å². The maximum atomic E-state index is 6.47. The van der Waals surface area contributed by atoms with Crippen molar-refractivity contribution in [3.8, 4) is 10.4 Å². The van der Waals surface area contributed by atoms with E-state index < -0.39 is 0 Å². The molecule has 0 saturated carbocycles. The van der Waals surface area contributed by atoms with Gasteiger partial charge in [0.1, 0.15) is 0 Å². The molecule has 0 aliphatic rings. The highest BCUT2D eigenvalue weighted by molar-refractivity contribution is 9.11. The molecule has 25 heavy (non-hydrogen) atoms. The van der Waals surface area contributed by atoms with Gasteiger partial charge in [0.05, 0.1) is 24.9 Å². The molecular formula is C19H23BrClN3S. The van der Waals surface area contributed by atoms with Gasteiger partial charge >= 0.3 is 0 Å². The quantitative estimate of drug-likeness (QED) is 0.406. The third kappa shape index (κ3) is 3.64. The number of rotatable bonds is 6. The van der Waals surface area contributed by atoms with E-state index in [-0.39, 0.29) is 0 Å². The van der Waals surface area contributed by atoms with Crippen LogP contribution in [0.4, 0.5) is 0 Å². The Morgan fingerprint density at radius 3 is 2.44 bits per heavy atom. The van der Waals surface area contributed by atoms with Gasteiger partial charge in [0, 0.05) is 17.3 Å². The van der Waals surface area contributed by atoms with Crippen LogP contribution in [-0.2, 0) is 0 Å². The molecule has 0 aromatic carbocycles. The van der Waals surface area contributed by atoms with Crippen LogP contribution < -0.4 is 0 Å². The predicted octanol–water partition coefficient (Wildman–Crippen LogP) is 7.17. The van der Waals surface area contributed by atoms with Crippen molar-refractivity contribution in [1.82, 2.24) is 14.6 Å². The van der Waals surface area contributed by atoms with Gasteiger partial charge in [-0.3, -0.25) is 0 Å². The normalized spacial score (nSPS) is 11.8. The molecule has 0 spiro atoms. The van der Waals surface area contributed by atoms with E-state index in [1.165, 1.54) is 31.4 Å². The molecule has 3 aromatic heterocycles. The van der Waals surface area contributed by atoms with Crippen LogP contribution in [0, 0.1) is 13.8 Å². The van der Waals surface area contributed by atoms with E-state index in [0.29, 0.717) is 5.92 Å². The molecule has 0 radical (unpaired) electrons. The minimum Gasteiger partial charge on any atom is -0.233 e. The first-order chi connectivity index (χ1) is 12.0. The van der Waals surface area contributed by atoms with Gasteiger partial charge in [-0.1, -0.05) is 38.3 Å². The molecule has 0 bridgehead atoms. The molecule has 0 aliphatic carbocycles. The average molecular weight is 441 g/mol. The Labute approximate surface area is 166 Å². The number of aromatic nitrogens is 3. The van der Waals surface area contributed by atoms with Gasteiger partial charge in [0.15, 0.2) is 5.65 Å². The number of hydrogen-bond acceptors (Lipinski definition) is 3. The van der Waals surface area contributed by atoms with Crippen molar-refractivity contribution in [2.45, 2.75) is 59.3 Å². The molecule has 3 nitrogen and oxygen atoms in total. The van der Waals surface area contributed by atoms with Gasteiger partial charge in [-0.2, -0.15) is 5.10 Å². The Balaban J connectivity index is 2.25. The minimum atomic E-state index is 0.511. The Bertz CT molecular complexity index is 894. The second-order valence-corrected chi connectivity index (χ2v) is 9.36. The van der Waals surface area contributed by atoms with Crippen LogP contribution in [0.25, 0.3) is 16.1 Å². The summed E-state index contributed by atoms with van der Waals surface area (Å²) in [4.78, 5) is 5.85. The molecule has 0 unspecified atom stereocenters. The zero-order valence-electron chi connectivity index (χ0n) is 15.1. The van der Waals surface area contributed by atoms with Crippen LogP contribution in [0.15, 0.2) is 15.9 Å². The van der Waals surface area contributed by atoms with E-state index in [1.54, 1.807) is 11.3 Å². The Morgan fingerprint density at radius 1 is 1.20 bits per heavy atom. The fourth-order valence-electron chi connectivity index (χ4n) is 3.48. The zero-order valence-corrected chi connectivity index (χ0v) is 18.2. The third-order valence-corrected chi connectivity index (χ3v) is 6.56. The average Bonchev–Trinajstić information content (AvgIpc) is 3.04. The summed E-state index contributed by atoms with van der Waals surface area (Å²) in [6, 6.07) is 4.14. The Morgan fingerprint density at radius 2 is 1.88 bits per heavy atom. The van der Waals surface area contributed by atoms with Crippen LogP contribution in [-0.4, -0.2) is 14.6 Å². The van der Waals surface area contributed by atoms with E-state index in [4.69, 9.17) is 21.7 Å². The summed E-state index contributed by atoms with van der Waals surface area (Å²) >= 11 is 11.6. The van der Waals surface area contributed by atoms with E-state index in [9.17, 15) is 0 Å². The molecule has 0 atom stereocenters. The molecule has 6 heteroatoms. The fourth-order valence-corrected chi connectivity index (χ4v) is 5.58. The monoisotopic (exact) mass is 439 g/mol. The highest BCUT2D eigenvalue weighted by Crippen LogP contribution is 2.42. The topological polar surface area (TPSA) is 30.2 Å². The molecule has 0 fully saturated rings. The van der Waals surface area contributed by atoms with Crippen molar-refractivity contribution in [1.29, 1.82) is 0 Å². The van der Waals surface area contributed by atoms with Crippen LogP contribution in [0.3, 0.4) is 0 Å². The molecule has 3 heterocycles. The Hall–Kier alpha value is -0.910. The summed E-state index contributed by atoms with van der Waals surface area (Å²) in [5, 5.41) is 5.60. The number of thiophene rings is 1. The summed E-state index contributed by atoms with van der Waals surface area (Å²) in [5.41, 5.74) is 5.25. The summed E-state index contributed by atoms with van der Waals surface area (Å²) in [7, 11) is 0. The van der Waals surface area contributed by atoms with Gasteiger partial charge in [-0.05, 0) is 54.8 Å². The number of halogens is 2. The fraction of sp³-hybridized carbons (Fsp3) is 0.474. The molecular weight excluding hydrogens is 418 g/mol. The second kappa shape index (κ2) is 7.77. The minimum absolute atomic E-state index is 0.511. The maximum absolute atomic E-state index is 6.47. The van der Waals surface area contributed by atoms with Gasteiger partial charge in [0.2, 0.25) is 0 Å². The summed E-state index contributed by atoms with van der Waals surface area (Å²) in [6.07, 6.45) is 4.69. The van der Waals surface area contributed by atoms with Crippen LogP contribution in [0.2, 0.25) is 5.02 Å². The molecule has 0 saturated heterocycles. The zero-order chi connectivity index (χ0) is 18.1. The molecule has 134 valence electrons. The van der Waals surface area contributed by atoms with Crippen molar-refractivity contribution < 1.29 is 0 Å².